The van der Waals surface area contributed by atoms with E-state index in [1.165, 1.54) is 0 Å². The summed E-state index contributed by atoms with van der Waals surface area (Å²) >= 11 is 1.63. The van der Waals surface area contributed by atoms with Gasteiger partial charge in [0, 0.05) is 37.3 Å². The number of rotatable bonds is 6. The Morgan fingerprint density at radius 2 is 2.50 bits per heavy atom. The van der Waals surface area contributed by atoms with E-state index in [4.69, 9.17) is 10.9 Å². The molecule has 0 spiro atoms. The molecule has 0 aliphatic rings. The van der Waals surface area contributed by atoms with Crippen molar-refractivity contribution in [2.45, 2.75) is 19.9 Å². The summed E-state index contributed by atoms with van der Waals surface area (Å²) in [6, 6.07) is 0. The number of thiazole rings is 1. The van der Waals surface area contributed by atoms with Gasteiger partial charge in [-0.2, -0.15) is 0 Å². The highest BCUT2D eigenvalue weighted by Crippen LogP contribution is 2.12. The molecule has 0 saturated heterocycles. The van der Waals surface area contributed by atoms with Crippen LogP contribution in [-0.4, -0.2) is 38.4 Å². The first-order valence-corrected chi connectivity index (χ1v) is 6.70. The van der Waals surface area contributed by atoms with E-state index < -0.39 is 0 Å². The second kappa shape index (κ2) is 5.83. The fourth-order valence-corrected chi connectivity index (χ4v) is 2.47. The molecule has 0 unspecified atom stereocenters. The molecule has 18 heavy (non-hydrogen) atoms. The third-order valence-electron chi connectivity index (χ3n) is 2.79. The maximum Gasteiger partial charge on any atom is 0.193 e. The van der Waals surface area contributed by atoms with Crippen molar-refractivity contribution in [2.24, 2.45) is 10.9 Å². The number of nitrogens with two attached hydrogens (primary N) is 1. The molecule has 0 amide bonds. The molecule has 6 nitrogen and oxygen atoms in total. The summed E-state index contributed by atoms with van der Waals surface area (Å²) in [7, 11) is 0. The van der Waals surface area contributed by atoms with E-state index in [1.54, 1.807) is 11.3 Å². The lowest BCUT2D eigenvalue weighted by atomic mass is 10.3. The van der Waals surface area contributed by atoms with Crippen molar-refractivity contribution in [3.63, 3.8) is 0 Å². The maximum atomic E-state index is 8.51. The first-order chi connectivity index (χ1) is 8.72. The van der Waals surface area contributed by atoms with Gasteiger partial charge in [-0.05, 0) is 6.54 Å². The predicted molar refractivity (Wildman–Crippen MR) is 72.0 cm³/mol. The van der Waals surface area contributed by atoms with Crippen LogP contribution in [0.15, 0.2) is 22.9 Å². The van der Waals surface area contributed by atoms with E-state index in [-0.39, 0.29) is 5.84 Å². The maximum absolute atomic E-state index is 8.51. The van der Waals surface area contributed by atoms with Crippen molar-refractivity contribution in [2.75, 3.05) is 13.1 Å². The average Bonchev–Trinajstić information content (AvgIpc) is 2.94. The minimum absolute atomic E-state index is 0.263. The summed E-state index contributed by atoms with van der Waals surface area (Å²) in [5.41, 5.74) is 6.51. The summed E-state index contributed by atoms with van der Waals surface area (Å²) in [5.74, 6) is 0.263. The van der Waals surface area contributed by atoms with Gasteiger partial charge in [0.25, 0.3) is 0 Å². The first kappa shape index (κ1) is 12.8. The highest BCUT2D eigenvalue weighted by molar-refractivity contribution is 7.15. The Hall–Kier alpha value is -1.60. The molecule has 0 fully saturated rings. The lowest BCUT2D eigenvalue weighted by Crippen LogP contribution is -2.28. The molecule has 0 aromatic carbocycles. The molecule has 3 N–H and O–H groups in total. The molecule has 0 saturated carbocycles. The van der Waals surface area contributed by atoms with Gasteiger partial charge >= 0.3 is 0 Å². The number of aromatic nitrogens is 2. The van der Waals surface area contributed by atoms with Gasteiger partial charge < -0.3 is 10.9 Å². The van der Waals surface area contributed by atoms with Crippen LogP contribution < -0.4 is 5.73 Å². The standard InChI is InChI=1S/C11H17N5OS/c1-2-15(4-3-10(12)14-17)7-9-8-16-5-6-18-11(16)13-9/h5-6,8,17H,2-4,7H2,1H3,(H2,12,14). The zero-order valence-corrected chi connectivity index (χ0v) is 11.1. The highest BCUT2D eigenvalue weighted by Gasteiger charge is 2.08. The largest absolute Gasteiger partial charge is 0.409 e. The quantitative estimate of drug-likeness (QED) is 0.358. The lowest BCUT2D eigenvalue weighted by molar-refractivity contribution is 0.280. The Kier molecular flexibility index (Phi) is 4.16. The molecular formula is C11H17N5OS. The molecule has 2 heterocycles. The number of hydrogen-bond acceptors (Lipinski definition) is 5. The second-order valence-corrected chi connectivity index (χ2v) is 4.91. The van der Waals surface area contributed by atoms with Crippen LogP contribution in [0.2, 0.25) is 0 Å². The van der Waals surface area contributed by atoms with Crippen molar-refractivity contribution < 1.29 is 5.21 Å². The molecule has 0 radical (unpaired) electrons. The van der Waals surface area contributed by atoms with Gasteiger partial charge in [0.2, 0.25) is 0 Å². The normalized spacial score (nSPS) is 12.7. The third-order valence-corrected chi connectivity index (χ3v) is 3.56. The van der Waals surface area contributed by atoms with Crippen LogP contribution in [0.25, 0.3) is 4.96 Å². The molecule has 0 aliphatic carbocycles. The van der Waals surface area contributed by atoms with Crippen LogP contribution >= 0.6 is 11.3 Å². The summed E-state index contributed by atoms with van der Waals surface area (Å²) < 4.78 is 2.03. The fraction of sp³-hybridized carbons (Fsp3) is 0.455. The molecule has 0 bridgehead atoms. The van der Waals surface area contributed by atoms with E-state index in [0.717, 1.165) is 30.3 Å². The van der Waals surface area contributed by atoms with Crippen LogP contribution in [-0.2, 0) is 6.54 Å². The minimum atomic E-state index is 0.263. The van der Waals surface area contributed by atoms with Gasteiger partial charge in [0.05, 0.1) is 5.69 Å². The summed E-state index contributed by atoms with van der Waals surface area (Å²) in [6.07, 6.45) is 4.60. The predicted octanol–water partition coefficient (Wildman–Crippen LogP) is 1.35. The Bertz CT molecular complexity index is 504. The average molecular weight is 267 g/mol. The topological polar surface area (TPSA) is 79.1 Å². The SMILES string of the molecule is CCN(CC/C(N)=N/O)Cc1cn2ccsc2n1. The highest BCUT2D eigenvalue weighted by atomic mass is 32.1. The van der Waals surface area contributed by atoms with Crippen molar-refractivity contribution in [3.8, 4) is 0 Å². The van der Waals surface area contributed by atoms with E-state index in [2.05, 4.69) is 22.0 Å². The van der Waals surface area contributed by atoms with Gasteiger partial charge in [-0.25, -0.2) is 4.98 Å². The molecule has 0 atom stereocenters. The first-order valence-electron chi connectivity index (χ1n) is 5.82. The Morgan fingerprint density at radius 1 is 1.67 bits per heavy atom. The van der Waals surface area contributed by atoms with E-state index >= 15 is 0 Å². The molecule has 98 valence electrons. The van der Waals surface area contributed by atoms with E-state index in [0.29, 0.717) is 6.42 Å². The zero-order valence-electron chi connectivity index (χ0n) is 10.3. The molecule has 2 aromatic heterocycles. The van der Waals surface area contributed by atoms with Crippen molar-refractivity contribution in [1.29, 1.82) is 0 Å². The number of amidine groups is 1. The van der Waals surface area contributed by atoms with Crippen molar-refractivity contribution in [1.82, 2.24) is 14.3 Å². The van der Waals surface area contributed by atoms with Gasteiger partial charge in [-0.3, -0.25) is 9.30 Å². The number of fused-ring (bicyclic) bond motifs is 1. The monoisotopic (exact) mass is 267 g/mol. The zero-order chi connectivity index (χ0) is 13.0. The fourth-order valence-electron chi connectivity index (χ4n) is 1.75. The van der Waals surface area contributed by atoms with Crippen LogP contribution in [0.3, 0.4) is 0 Å². The molecule has 7 heteroatoms. The van der Waals surface area contributed by atoms with Gasteiger partial charge in [-0.15, -0.1) is 11.3 Å². The van der Waals surface area contributed by atoms with Gasteiger partial charge in [-0.1, -0.05) is 12.1 Å². The molecule has 2 aromatic rings. The molecule has 2 rings (SSSR count). The minimum Gasteiger partial charge on any atom is -0.409 e. The number of oxime groups is 1. The Morgan fingerprint density at radius 3 is 3.17 bits per heavy atom. The van der Waals surface area contributed by atoms with Gasteiger partial charge in [0.1, 0.15) is 5.84 Å². The third kappa shape index (κ3) is 2.99. The van der Waals surface area contributed by atoms with E-state index in [9.17, 15) is 0 Å². The Labute approximate surface area is 109 Å². The van der Waals surface area contributed by atoms with Crippen LogP contribution in [0, 0.1) is 0 Å². The Balaban J connectivity index is 1.95. The molecule has 0 aliphatic heterocycles. The van der Waals surface area contributed by atoms with Crippen LogP contribution in [0.5, 0.6) is 0 Å². The summed E-state index contributed by atoms with van der Waals surface area (Å²) in [6.45, 7) is 4.54. The van der Waals surface area contributed by atoms with Crippen LogP contribution in [0.4, 0.5) is 0 Å². The number of hydrogen-bond donors (Lipinski definition) is 2. The van der Waals surface area contributed by atoms with Crippen molar-refractivity contribution >= 4 is 22.1 Å². The molecular weight excluding hydrogens is 250 g/mol. The number of imidazole rings is 1. The summed E-state index contributed by atoms with van der Waals surface area (Å²) in [5, 5.41) is 13.5. The smallest absolute Gasteiger partial charge is 0.193 e. The lowest BCUT2D eigenvalue weighted by Gasteiger charge is -2.18. The van der Waals surface area contributed by atoms with Crippen molar-refractivity contribution in [3.05, 3.63) is 23.5 Å². The van der Waals surface area contributed by atoms with Crippen LogP contribution in [0.1, 0.15) is 19.0 Å². The number of nitrogens with zero attached hydrogens (tertiary/aromatic N) is 4. The summed E-state index contributed by atoms with van der Waals surface area (Å²) in [4.78, 5) is 7.76. The van der Waals surface area contributed by atoms with E-state index in [1.807, 2.05) is 22.2 Å². The second-order valence-electron chi connectivity index (χ2n) is 4.04. The van der Waals surface area contributed by atoms with Gasteiger partial charge in [0.15, 0.2) is 4.96 Å².